The zero-order chi connectivity index (χ0) is 24.6. The fourth-order valence-corrected chi connectivity index (χ4v) is 5.67. The first-order valence-corrected chi connectivity index (χ1v) is 11.7. The molecule has 1 saturated carbocycles. The third-order valence-electron chi connectivity index (χ3n) is 7.73. The highest BCUT2D eigenvalue weighted by molar-refractivity contribution is 6.28. The monoisotopic (exact) mass is 448 g/mol. The van der Waals surface area contributed by atoms with E-state index in [1.807, 2.05) is 53.7 Å². The highest BCUT2D eigenvalue weighted by atomic mass is 16.5. The molecule has 0 saturated heterocycles. The quantitative estimate of drug-likeness (QED) is 0.280. The zero-order valence-electron chi connectivity index (χ0n) is 21.0. The molecular weight excluding hydrogens is 412 g/mol. The molecule has 2 unspecified atom stereocenters. The van der Waals surface area contributed by atoms with Crippen molar-refractivity contribution in [2.75, 3.05) is 7.11 Å². The summed E-state index contributed by atoms with van der Waals surface area (Å²) in [5.74, 6) is -0.750. The molecule has 1 aromatic carbocycles. The lowest BCUT2D eigenvalue weighted by molar-refractivity contribution is -0.163. The Morgan fingerprint density at radius 1 is 1.03 bits per heavy atom. The normalized spacial score (nSPS) is 28.0. The van der Waals surface area contributed by atoms with Gasteiger partial charge in [0.05, 0.1) is 12.5 Å². The Morgan fingerprint density at radius 3 is 2.18 bits per heavy atom. The van der Waals surface area contributed by atoms with Crippen molar-refractivity contribution in [2.24, 2.45) is 22.2 Å². The van der Waals surface area contributed by atoms with Gasteiger partial charge < -0.3 is 4.74 Å². The Balaban J connectivity index is 2.37. The van der Waals surface area contributed by atoms with E-state index in [1.54, 1.807) is 24.3 Å². The molecule has 2 aliphatic carbocycles. The first-order valence-electron chi connectivity index (χ1n) is 11.7. The Labute approximate surface area is 197 Å². The van der Waals surface area contributed by atoms with Gasteiger partial charge in [0.2, 0.25) is 0 Å². The van der Waals surface area contributed by atoms with Crippen LogP contribution in [-0.4, -0.2) is 24.5 Å². The molecule has 0 N–H and O–H groups in total. The summed E-state index contributed by atoms with van der Waals surface area (Å²) in [4.78, 5) is 42.4. The maximum atomic E-state index is 14.6. The van der Waals surface area contributed by atoms with Gasteiger partial charge in [-0.2, -0.15) is 0 Å². The first kappa shape index (κ1) is 24.9. The van der Waals surface area contributed by atoms with Crippen LogP contribution in [0, 0.1) is 22.2 Å². The number of Topliss-reactive ketones (excluding diaryl/α,β-unsaturated/α-hetero) is 2. The van der Waals surface area contributed by atoms with Crippen molar-refractivity contribution in [1.82, 2.24) is 0 Å². The van der Waals surface area contributed by atoms with Crippen LogP contribution in [0.1, 0.15) is 71.2 Å². The van der Waals surface area contributed by atoms with Crippen LogP contribution in [0.4, 0.5) is 0 Å². The van der Waals surface area contributed by atoms with Crippen LogP contribution in [0.2, 0.25) is 0 Å². The molecule has 0 aromatic heterocycles. The fourth-order valence-electron chi connectivity index (χ4n) is 5.67. The van der Waals surface area contributed by atoms with E-state index in [-0.39, 0.29) is 29.0 Å². The first-order chi connectivity index (χ1) is 15.4. The number of hydrogen-bond acceptors (Lipinski definition) is 4. The van der Waals surface area contributed by atoms with Crippen LogP contribution < -0.4 is 0 Å². The van der Waals surface area contributed by atoms with Crippen LogP contribution >= 0.6 is 0 Å². The Bertz CT molecular complexity index is 1050. The van der Waals surface area contributed by atoms with Crippen LogP contribution in [0.15, 0.2) is 65.5 Å². The maximum absolute atomic E-state index is 14.6. The molecule has 3 rings (SSSR count). The molecule has 4 heteroatoms. The third kappa shape index (κ3) is 3.74. The van der Waals surface area contributed by atoms with Crippen molar-refractivity contribution in [1.29, 1.82) is 0 Å². The van der Waals surface area contributed by atoms with Crippen molar-refractivity contribution < 1.29 is 19.1 Å². The van der Waals surface area contributed by atoms with Crippen molar-refractivity contribution >= 4 is 17.3 Å². The van der Waals surface area contributed by atoms with Crippen molar-refractivity contribution in [3.8, 4) is 0 Å². The molecule has 3 atom stereocenters. The molecule has 2 aliphatic rings. The summed E-state index contributed by atoms with van der Waals surface area (Å²) in [6.07, 6.45) is 6.94. The minimum absolute atomic E-state index is 0.0638. The summed E-state index contributed by atoms with van der Waals surface area (Å²) in [6, 6.07) is 8.91. The van der Waals surface area contributed by atoms with Crippen LogP contribution in [0.5, 0.6) is 0 Å². The molecule has 0 heterocycles. The van der Waals surface area contributed by atoms with E-state index in [9.17, 15) is 14.4 Å². The maximum Gasteiger partial charge on any atom is 0.184 e. The molecule has 176 valence electrons. The van der Waals surface area contributed by atoms with Gasteiger partial charge in [-0.25, -0.2) is 0 Å². The Hall–Kier alpha value is -2.75. The minimum atomic E-state index is -1.56. The van der Waals surface area contributed by atoms with Crippen LogP contribution in [0.25, 0.3) is 0 Å². The number of fused-ring (bicyclic) bond motifs is 2. The minimum Gasteiger partial charge on any atom is -0.499 e. The second kappa shape index (κ2) is 8.89. The van der Waals surface area contributed by atoms with Crippen molar-refractivity contribution in [3.05, 3.63) is 71.0 Å². The standard InChI is InChI=1S/C29H36O4/c1-19(2)13-14-22-18-28(16-15-20(3)4)23(30)17-24(33-7)29(26(28)32,27(22,5)6)25(31)21-11-9-8-10-12-21/h8-13,15,17,22H,14,16,18H2,1-7H3/t22?,28?,29-/m0/s1. The van der Waals surface area contributed by atoms with Gasteiger partial charge in [0.25, 0.3) is 0 Å². The van der Waals surface area contributed by atoms with E-state index >= 15 is 0 Å². The van der Waals surface area contributed by atoms with E-state index in [0.29, 0.717) is 24.8 Å². The summed E-state index contributed by atoms with van der Waals surface area (Å²) >= 11 is 0. The molecular formula is C29H36O4. The lowest BCUT2D eigenvalue weighted by Gasteiger charge is -2.59. The van der Waals surface area contributed by atoms with Gasteiger partial charge in [0, 0.05) is 11.6 Å². The highest BCUT2D eigenvalue weighted by Crippen LogP contribution is 2.65. The lowest BCUT2D eigenvalue weighted by Crippen LogP contribution is -2.68. The Kier molecular flexibility index (Phi) is 6.70. The summed E-state index contributed by atoms with van der Waals surface area (Å²) in [7, 11) is 1.45. The number of benzene rings is 1. The molecule has 0 spiro atoms. The van der Waals surface area contributed by atoms with Gasteiger partial charge in [-0.3, -0.25) is 14.4 Å². The number of rotatable bonds is 7. The summed E-state index contributed by atoms with van der Waals surface area (Å²) in [6.45, 7) is 12.0. The largest absolute Gasteiger partial charge is 0.499 e. The molecule has 1 fully saturated rings. The number of allylic oxidation sites excluding steroid dienone is 6. The van der Waals surface area contributed by atoms with Gasteiger partial charge in [0.1, 0.15) is 5.76 Å². The van der Waals surface area contributed by atoms with E-state index in [4.69, 9.17) is 4.74 Å². The topological polar surface area (TPSA) is 60.4 Å². The van der Waals surface area contributed by atoms with Gasteiger partial charge in [-0.05, 0) is 58.3 Å². The van der Waals surface area contributed by atoms with Gasteiger partial charge in [-0.1, -0.05) is 67.5 Å². The molecule has 4 nitrogen and oxygen atoms in total. The van der Waals surface area contributed by atoms with Crippen molar-refractivity contribution in [2.45, 2.75) is 60.8 Å². The number of ether oxygens (including phenoxy) is 1. The second-order valence-corrected chi connectivity index (χ2v) is 10.6. The molecule has 0 amide bonds. The van der Waals surface area contributed by atoms with Crippen LogP contribution in [0.3, 0.4) is 0 Å². The molecule has 0 aliphatic heterocycles. The average Bonchev–Trinajstić information content (AvgIpc) is 2.76. The summed E-state index contributed by atoms with van der Waals surface area (Å²) in [5, 5.41) is 0. The third-order valence-corrected chi connectivity index (χ3v) is 7.73. The predicted molar refractivity (Wildman–Crippen MR) is 131 cm³/mol. The van der Waals surface area contributed by atoms with Crippen LogP contribution in [-0.2, 0) is 14.3 Å². The second-order valence-electron chi connectivity index (χ2n) is 10.6. The van der Waals surface area contributed by atoms with E-state index in [0.717, 1.165) is 5.57 Å². The number of carbonyl (C=O) groups excluding carboxylic acids is 3. The van der Waals surface area contributed by atoms with E-state index in [2.05, 4.69) is 6.08 Å². The van der Waals surface area contributed by atoms with Gasteiger partial charge in [0.15, 0.2) is 22.8 Å². The molecule has 0 radical (unpaired) electrons. The summed E-state index contributed by atoms with van der Waals surface area (Å²) < 4.78 is 5.71. The van der Waals surface area contributed by atoms with Crippen molar-refractivity contribution in [3.63, 3.8) is 0 Å². The Morgan fingerprint density at radius 2 is 1.64 bits per heavy atom. The fraction of sp³-hybridized carbons (Fsp3) is 0.483. The highest BCUT2D eigenvalue weighted by Gasteiger charge is 2.73. The lowest BCUT2D eigenvalue weighted by atomic mass is 9.40. The predicted octanol–water partition coefficient (Wildman–Crippen LogP) is 6.28. The number of ketones is 3. The molecule has 33 heavy (non-hydrogen) atoms. The van der Waals surface area contributed by atoms with E-state index < -0.39 is 16.2 Å². The number of carbonyl (C=O) groups is 3. The number of methoxy groups -OCH3 is 1. The SMILES string of the molecule is COC1=CC(=O)C2(CC=C(C)C)CC(CC=C(C)C)C(C)(C)[C@@]1(C(=O)c1ccccc1)C2=O. The smallest absolute Gasteiger partial charge is 0.184 e. The number of hydrogen-bond donors (Lipinski definition) is 0. The molecule has 1 aromatic rings. The van der Waals surface area contributed by atoms with E-state index in [1.165, 1.54) is 18.8 Å². The van der Waals surface area contributed by atoms with Gasteiger partial charge in [-0.15, -0.1) is 0 Å². The zero-order valence-corrected chi connectivity index (χ0v) is 21.0. The van der Waals surface area contributed by atoms with Gasteiger partial charge >= 0.3 is 0 Å². The average molecular weight is 449 g/mol. The molecule has 2 bridgehead atoms. The summed E-state index contributed by atoms with van der Waals surface area (Å²) in [5.41, 5.74) is -0.930.